The molecule has 2 amide bonds. The fraction of sp³-hybridized carbons (Fsp3) is 0.462. The molecule has 2 heterocycles. The molecular weight excluding hydrogens is 474 g/mol. The first kappa shape index (κ1) is 25.9. The zero-order chi connectivity index (χ0) is 26.7. The summed E-state index contributed by atoms with van der Waals surface area (Å²) in [5, 5.41) is 19.0. The van der Waals surface area contributed by atoms with E-state index < -0.39 is 6.04 Å². The minimum atomic E-state index is -0.961. The standard InChI is InChI=1S/C26H31N7O4/c1-15(2)33-21(14-27)26(35)32(3)20-11-12-23(30-24(20)33)29-19-10-5-16(13-22(19)37-4)25(34)28-17-6-8-18(31-36)9-7-17/h5,10-13,15,17-18,21H,6-9H2,1-4H3,(H,28,34)(H,29,30)/t17?,18?,21-/m1/s1. The average molecular weight is 506 g/mol. The van der Waals surface area contributed by atoms with Gasteiger partial charge in [-0.15, -0.1) is 0 Å². The molecule has 2 N–H and O–H groups in total. The number of pyridine rings is 1. The van der Waals surface area contributed by atoms with Gasteiger partial charge in [-0.05, 0) is 69.9 Å². The van der Waals surface area contributed by atoms with E-state index in [0.717, 1.165) is 12.8 Å². The second-order valence-electron chi connectivity index (χ2n) is 9.59. The number of hydrogen-bond acceptors (Lipinski definition) is 9. The van der Waals surface area contributed by atoms with Crippen LogP contribution in [0, 0.1) is 16.2 Å². The number of anilines is 4. The molecule has 37 heavy (non-hydrogen) atoms. The highest BCUT2D eigenvalue weighted by Crippen LogP contribution is 2.37. The van der Waals surface area contributed by atoms with Gasteiger partial charge in [0.05, 0.1) is 30.6 Å². The van der Waals surface area contributed by atoms with Gasteiger partial charge in [-0.3, -0.25) is 9.59 Å². The van der Waals surface area contributed by atoms with Crippen molar-refractivity contribution in [1.82, 2.24) is 10.3 Å². The van der Waals surface area contributed by atoms with Crippen LogP contribution in [0.25, 0.3) is 0 Å². The number of ether oxygens (including phenoxy) is 1. The van der Waals surface area contributed by atoms with Gasteiger partial charge < -0.3 is 25.2 Å². The first-order valence-corrected chi connectivity index (χ1v) is 12.3. The van der Waals surface area contributed by atoms with Crippen molar-refractivity contribution in [1.29, 1.82) is 5.26 Å². The van der Waals surface area contributed by atoms with Gasteiger partial charge in [0.1, 0.15) is 11.6 Å². The van der Waals surface area contributed by atoms with Gasteiger partial charge in [0.15, 0.2) is 11.9 Å². The van der Waals surface area contributed by atoms with E-state index in [1.54, 1.807) is 42.3 Å². The molecule has 1 fully saturated rings. The Kier molecular flexibility index (Phi) is 7.57. The van der Waals surface area contributed by atoms with E-state index in [2.05, 4.69) is 21.9 Å². The molecule has 1 aliphatic heterocycles. The first-order valence-electron chi connectivity index (χ1n) is 12.3. The van der Waals surface area contributed by atoms with Crippen LogP contribution >= 0.6 is 0 Å². The Morgan fingerprint density at radius 2 is 1.95 bits per heavy atom. The highest BCUT2D eigenvalue weighted by Gasteiger charge is 2.39. The van der Waals surface area contributed by atoms with Crippen LogP contribution < -0.4 is 25.2 Å². The molecule has 11 heteroatoms. The highest BCUT2D eigenvalue weighted by molar-refractivity contribution is 6.06. The number of rotatable bonds is 7. The number of carbonyl (C=O) groups excluding carboxylic acids is 2. The second kappa shape index (κ2) is 10.8. The zero-order valence-electron chi connectivity index (χ0n) is 21.4. The molecule has 194 valence electrons. The van der Waals surface area contributed by atoms with Crippen molar-refractivity contribution >= 4 is 34.8 Å². The summed E-state index contributed by atoms with van der Waals surface area (Å²) in [7, 11) is 3.16. The Morgan fingerprint density at radius 1 is 1.22 bits per heavy atom. The number of carbonyl (C=O) groups is 2. The lowest BCUT2D eigenvalue weighted by atomic mass is 9.91. The Hall–Kier alpha value is -4.20. The van der Waals surface area contributed by atoms with Crippen molar-refractivity contribution in [2.45, 2.75) is 63.7 Å². The number of hydrogen-bond donors (Lipinski definition) is 2. The molecule has 0 unspecified atom stereocenters. The summed E-state index contributed by atoms with van der Waals surface area (Å²) in [5.41, 5.74) is 1.68. The lowest BCUT2D eigenvalue weighted by Gasteiger charge is -2.40. The summed E-state index contributed by atoms with van der Waals surface area (Å²) in [5.74, 6) is 0.990. The minimum absolute atomic E-state index is 0.0140. The maximum atomic E-state index is 12.8. The fourth-order valence-corrected chi connectivity index (χ4v) is 4.83. The number of amides is 2. The van der Waals surface area contributed by atoms with Crippen LogP contribution in [-0.2, 0) is 4.79 Å². The summed E-state index contributed by atoms with van der Waals surface area (Å²) in [6.07, 6.45) is 2.82. The monoisotopic (exact) mass is 505 g/mol. The highest BCUT2D eigenvalue weighted by atomic mass is 16.5. The predicted octanol–water partition coefficient (Wildman–Crippen LogP) is 3.72. The molecule has 4 rings (SSSR count). The molecule has 0 spiro atoms. The van der Waals surface area contributed by atoms with Crippen molar-refractivity contribution in [3.63, 3.8) is 0 Å². The van der Waals surface area contributed by atoms with Crippen LogP contribution in [0.3, 0.4) is 0 Å². The second-order valence-corrected chi connectivity index (χ2v) is 9.59. The van der Waals surface area contributed by atoms with Crippen LogP contribution in [0.2, 0.25) is 0 Å². The topological polar surface area (TPSA) is 140 Å². The number of nitrogens with zero attached hydrogens (tertiary/aromatic N) is 5. The summed E-state index contributed by atoms with van der Waals surface area (Å²) < 4.78 is 5.54. The van der Waals surface area contributed by atoms with E-state index >= 15 is 0 Å². The van der Waals surface area contributed by atoms with Crippen molar-refractivity contribution in [3.05, 3.63) is 40.8 Å². The van der Waals surface area contributed by atoms with E-state index in [4.69, 9.17) is 9.72 Å². The molecule has 1 aromatic carbocycles. The third-order valence-corrected chi connectivity index (χ3v) is 6.89. The SMILES string of the molecule is COc1cc(C(=O)NC2CCC(N=O)CC2)ccc1Nc1ccc2c(n1)N(C(C)C)[C@H](C#N)C(=O)N2C. The lowest BCUT2D eigenvalue weighted by Crippen LogP contribution is -2.54. The molecule has 1 atom stereocenters. The van der Waals surface area contributed by atoms with E-state index in [1.807, 2.05) is 13.8 Å². The van der Waals surface area contributed by atoms with Crippen LogP contribution in [0.4, 0.5) is 23.0 Å². The molecule has 2 aliphatic rings. The quantitative estimate of drug-likeness (QED) is 0.543. The van der Waals surface area contributed by atoms with Crippen LogP contribution in [-0.4, -0.2) is 55.1 Å². The number of nitrogens with one attached hydrogen (secondary N) is 2. The maximum Gasteiger partial charge on any atom is 0.264 e. The van der Waals surface area contributed by atoms with Crippen LogP contribution in [0.1, 0.15) is 49.9 Å². The van der Waals surface area contributed by atoms with Gasteiger partial charge in [-0.2, -0.15) is 10.2 Å². The minimum Gasteiger partial charge on any atom is -0.495 e. The summed E-state index contributed by atoms with van der Waals surface area (Å²) >= 11 is 0. The number of likely N-dealkylation sites (N-methyl/N-ethyl adjacent to an activating group) is 1. The van der Waals surface area contributed by atoms with Gasteiger partial charge in [0.2, 0.25) is 0 Å². The Balaban J connectivity index is 1.54. The Morgan fingerprint density at radius 3 is 2.57 bits per heavy atom. The fourth-order valence-electron chi connectivity index (χ4n) is 4.83. The van der Waals surface area contributed by atoms with E-state index in [0.29, 0.717) is 47.2 Å². The molecule has 0 radical (unpaired) electrons. The van der Waals surface area contributed by atoms with Crippen LogP contribution in [0.5, 0.6) is 5.75 Å². The predicted molar refractivity (Wildman–Crippen MR) is 140 cm³/mol. The van der Waals surface area contributed by atoms with Gasteiger partial charge in [-0.1, -0.05) is 5.18 Å². The third-order valence-electron chi connectivity index (χ3n) is 6.89. The maximum absolute atomic E-state index is 12.8. The normalized spacial score (nSPS) is 21.2. The number of methoxy groups -OCH3 is 1. The van der Waals surface area contributed by atoms with Gasteiger partial charge in [0.25, 0.3) is 11.8 Å². The molecule has 0 saturated heterocycles. The third kappa shape index (κ3) is 5.18. The molecule has 2 aromatic rings. The van der Waals surface area contributed by atoms with Crippen molar-refractivity contribution in [3.8, 4) is 11.8 Å². The van der Waals surface area contributed by atoms with E-state index in [-0.39, 0.29) is 29.9 Å². The van der Waals surface area contributed by atoms with Crippen LogP contribution in [0.15, 0.2) is 35.5 Å². The van der Waals surface area contributed by atoms with Crippen molar-refractivity contribution in [2.24, 2.45) is 5.18 Å². The summed E-state index contributed by atoms with van der Waals surface area (Å²) in [4.78, 5) is 44.1. The number of nitriles is 1. The Labute approximate surface area is 215 Å². The van der Waals surface area contributed by atoms with Crippen molar-refractivity contribution in [2.75, 3.05) is 29.3 Å². The molecule has 0 bridgehead atoms. The molecule has 1 aromatic heterocycles. The first-order chi connectivity index (χ1) is 17.8. The zero-order valence-corrected chi connectivity index (χ0v) is 21.4. The number of nitroso groups, excluding NO2 is 1. The molecule has 1 aliphatic carbocycles. The van der Waals surface area contributed by atoms with E-state index in [9.17, 15) is 19.8 Å². The number of benzene rings is 1. The number of aromatic nitrogens is 1. The van der Waals surface area contributed by atoms with Gasteiger partial charge >= 0.3 is 0 Å². The lowest BCUT2D eigenvalue weighted by molar-refractivity contribution is -0.118. The largest absolute Gasteiger partial charge is 0.495 e. The summed E-state index contributed by atoms with van der Waals surface area (Å²) in [6, 6.07) is 9.51. The number of fused-ring (bicyclic) bond motifs is 1. The molecule has 11 nitrogen and oxygen atoms in total. The van der Waals surface area contributed by atoms with Gasteiger partial charge in [0, 0.05) is 24.7 Å². The van der Waals surface area contributed by atoms with Crippen molar-refractivity contribution < 1.29 is 14.3 Å². The summed E-state index contributed by atoms with van der Waals surface area (Å²) in [6.45, 7) is 3.82. The van der Waals surface area contributed by atoms with Gasteiger partial charge in [-0.25, -0.2) is 4.98 Å². The molecule has 1 saturated carbocycles. The average Bonchev–Trinajstić information content (AvgIpc) is 2.90. The Bertz CT molecular complexity index is 1230. The van der Waals surface area contributed by atoms with E-state index in [1.165, 1.54) is 12.0 Å². The molecular formula is C26H31N7O4. The smallest absolute Gasteiger partial charge is 0.264 e.